The van der Waals surface area contributed by atoms with Crippen LogP contribution in [0.15, 0.2) is 29.3 Å². The van der Waals surface area contributed by atoms with Crippen LogP contribution < -0.4 is 10.5 Å². The molecule has 0 aromatic heterocycles. The molecule has 0 heterocycles. The van der Waals surface area contributed by atoms with Gasteiger partial charge in [0.05, 0.1) is 6.54 Å². The molecule has 0 amide bonds. The highest BCUT2D eigenvalue weighted by atomic mass is 127. The first kappa shape index (κ1) is 17.1. The lowest BCUT2D eigenvalue weighted by atomic mass is 10.2. The zero-order chi connectivity index (χ0) is 13.8. The molecule has 1 fully saturated rings. The normalized spacial score (nSPS) is 16.2. The van der Waals surface area contributed by atoms with Gasteiger partial charge in [0.2, 0.25) is 0 Å². The van der Waals surface area contributed by atoms with Gasteiger partial charge in [0, 0.05) is 13.1 Å². The van der Waals surface area contributed by atoms with Gasteiger partial charge >= 0.3 is 0 Å². The molecule has 0 radical (unpaired) electrons. The quantitative estimate of drug-likeness (QED) is 0.479. The summed E-state index contributed by atoms with van der Waals surface area (Å²) in [4.78, 5) is 6.45. The highest BCUT2D eigenvalue weighted by molar-refractivity contribution is 14.0. The number of halogens is 1. The van der Waals surface area contributed by atoms with Crippen LogP contribution in [0.5, 0.6) is 5.75 Å². The van der Waals surface area contributed by atoms with Crippen molar-refractivity contribution in [3.63, 3.8) is 0 Å². The largest absolute Gasteiger partial charge is 0.489 e. The SMILES string of the molecule is Cc1ccc(OC(C)CN=C(N)N(C)C2CC2)cc1.I. The number of nitrogens with two attached hydrogens (primary N) is 1. The molecule has 0 spiro atoms. The topological polar surface area (TPSA) is 50.9 Å². The zero-order valence-corrected chi connectivity index (χ0v) is 14.7. The Morgan fingerprint density at radius 2 is 2.00 bits per heavy atom. The molecule has 5 heteroatoms. The van der Waals surface area contributed by atoms with Crippen molar-refractivity contribution in [1.29, 1.82) is 0 Å². The minimum Gasteiger partial charge on any atom is -0.489 e. The third-order valence-corrected chi connectivity index (χ3v) is 3.32. The van der Waals surface area contributed by atoms with Gasteiger partial charge in [-0.25, -0.2) is 4.99 Å². The van der Waals surface area contributed by atoms with Crippen LogP contribution in [-0.2, 0) is 0 Å². The van der Waals surface area contributed by atoms with Gasteiger partial charge in [-0.2, -0.15) is 0 Å². The van der Waals surface area contributed by atoms with E-state index in [0.717, 1.165) is 5.75 Å². The van der Waals surface area contributed by atoms with Crippen molar-refractivity contribution in [2.45, 2.75) is 38.8 Å². The van der Waals surface area contributed by atoms with Gasteiger partial charge in [-0.3, -0.25) is 0 Å². The molecule has 112 valence electrons. The maximum absolute atomic E-state index is 5.94. The maximum atomic E-state index is 5.94. The summed E-state index contributed by atoms with van der Waals surface area (Å²) >= 11 is 0. The van der Waals surface area contributed by atoms with E-state index >= 15 is 0 Å². The number of hydrogen-bond acceptors (Lipinski definition) is 2. The summed E-state index contributed by atoms with van der Waals surface area (Å²) in [5.74, 6) is 1.49. The number of ether oxygens (including phenoxy) is 1. The van der Waals surface area contributed by atoms with E-state index in [1.54, 1.807) is 0 Å². The predicted molar refractivity (Wildman–Crippen MR) is 94.0 cm³/mol. The number of nitrogens with zero attached hydrogens (tertiary/aromatic N) is 2. The van der Waals surface area contributed by atoms with Crippen LogP contribution in [0.1, 0.15) is 25.3 Å². The van der Waals surface area contributed by atoms with E-state index < -0.39 is 0 Å². The highest BCUT2D eigenvalue weighted by Crippen LogP contribution is 2.24. The fourth-order valence-corrected chi connectivity index (χ4v) is 1.87. The first-order valence-electron chi connectivity index (χ1n) is 6.82. The number of hydrogen-bond donors (Lipinski definition) is 1. The van der Waals surface area contributed by atoms with E-state index in [4.69, 9.17) is 10.5 Å². The summed E-state index contributed by atoms with van der Waals surface area (Å²) in [6.07, 6.45) is 2.47. The molecule has 1 aliphatic rings. The van der Waals surface area contributed by atoms with Gasteiger partial charge in [-0.15, -0.1) is 24.0 Å². The molecule has 1 unspecified atom stereocenters. The Kier molecular flexibility index (Phi) is 6.58. The Balaban J connectivity index is 0.00000200. The van der Waals surface area contributed by atoms with Gasteiger partial charge in [0.1, 0.15) is 11.9 Å². The minimum atomic E-state index is 0. The summed E-state index contributed by atoms with van der Waals surface area (Å²) in [6, 6.07) is 8.64. The lowest BCUT2D eigenvalue weighted by Crippen LogP contribution is -2.36. The molecule has 0 aliphatic heterocycles. The molecule has 20 heavy (non-hydrogen) atoms. The molecule has 4 nitrogen and oxygen atoms in total. The Morgan fingerprint density at radius 1 is 1.40 bits per heavy atom. The van der Waals surface area contributed by atoms with Crippen molar-refractivity contribution in [1.82, 2.24) is 4.90 Å². The second kappa shape index (κ2) is 7.71. The summed E-state index contributed by atoms with van der Waals surface area (Å²) in [6.45, 7) is 4.65. The number of benzene rings is 1. The van der Waals surface area contributed by atoms with E-state index in [2.05, 4.69) is 16.8 Å². The van der Waals surface area contributed by atoms with Crippen molar-refractivity contribution < 1.29 is 4.74 Å². The van der Waals surface area contributed by atoms with Gasteiger partial charge in [-0.1, -0.05) is 17.7 Å². The van der Waals surface area contributed by atoms with E-state index in [0.29, 0.717) is 18.5 Å². The van der Waals surface area contributed by atoms with Crippen LogP contribution in [-0.4, -0.2) is 36.6 Å². The fraction of sp³-hybridized carbons (Fsp3) is 0.533. The molecule has 1 aliphatic carbocycles. The Labute approximate surface area is 138 Å². The van der Waals surface area contributed by atoms with E-state index in [-0.39, 0.29) is 30.1 Å². The van der Waals surface area contributed by atoms with Crippen LogP contribution in [0.25, 0.3) is 0 Å². The van der Waals surface area contributed by atoms with Crippen molar-refractivity contribution >= 4 is 29.9 Å². The molecule has 0 saturated heterocycles. The Morgan fingerprint density at radius 3 is 2.55 bits per heavy atom. The van der Waals surface area contributed by atoms with E-state index in [1.165, 1.54) is 18.4 Å². The summed E-state index contributed by atoms with van der Waals surface area (Å²) < 4.78 is 5.79. The Bertz CT molecular complexity index is 443. The van der Waals surface area contributed by atoms with Crippen molar-refractivity contribution in [3.05, 3.63) is 29.8 Å². The molecule has 1 saturated carbocycles. The number of guanidine groups is 1. The third kappa shape index (κ3) is 5.19. The highest BCUT2D eigenvalue weighted by Gasteiger charge is 2.27. The molecule has 1 aromatic carbocycles. The average molecular weight is 389 g/mol. The molecule has 2 rings (SSSR count). The lowest BCUT2D eigenvalue weighted by molar-refractivity contribution is 0.230. The first-order valence-corrected chi connectivity index (χ1v) is 6.82. The standard InChI is InChI=1S/C15H23N3O.HI/c1-11-4-8-14(9-5-11)19-12(2)10-17-15(16)18(3)13-6-7-13;/h4-5,8-9,12-13H,6-7,10H2,1-3H3,(H2,16,17);1H. The molecular formula is C15H24IN3O. The zero-order valence-electron chi connectivity index (χ0n) is 12.4. The van der Waals surface area contributed by atoms with Gasteiger partial charge in [0.15, 0.2) is 5.96 Å². The van der Waals surface area contributed by atoms with Crippen LogP contribution in [0.4, 0.5) is 0 Å². The second-order valence-corrected chi connectivity index (χ2v) is 5.28. The fourth-order valence-electron chi connectivity index (χ4n) is 1.87. The molecular weight excluding hydrogens is 365 g/mol. The second-order valence-electron chi connectivity index (χ2n) is 5.28. The van der Waals surface area contributed by atoms with Crippen LogP contribution in [0.3, 0.4) is 0 Å². The van der Waals surface area contributed by atoms with Gasteiger partial charge < -0.3 is 15.4 Å². The average Bonchev–Trinajstić information content (AvgIpc) is 3.22. The predicted octanol–water partition coefficient (Wildman–Crippen LogP) is 2.79. The summed E-state index contributed by atoms with van der Waals surface area (Å²) in [5.41, 5.74) is 7.17. The molecule has 2 N–H and O–H groups in total. The molecule has 0 bridgehead atoms. The van der Waals surface area contributed by atoms with Crippen molar-refractivity contribution in [2.75, 3.05) is 13.6 Å². The summed E-state index contributed by atoms with van der Waals surface area (Å²) in [5, 5.41) is 0. The maximum Gasteiger partial charge on any atom is 0.191 e. The smallest absolute Gasteiger partial charge is 0.191 e. The number of aryl methyl sites for hydroxylation is 1. The van der Waals surface area contributed by atoms with Crippen LogP contribution in [0, 0.1) is 6.92 Å². The first-order chi connectivity index (χ1) is 9.06. The van der Waals surface area contributed by atoms with Gasteiger partial charge in [-0.05, 0) is 38.8 Å². The summed E-state index contributed by atoms with van der Waals surface area (Å²) in [7, 11) is 2.00. The van der Waals surface area contributed by atoms with Crippen molar-refractivity contribution in [3.8, 4) is 5.75 Å². The number of rotatable bonds is 5. The Hall–Kier alpha value is -0.980. The minimum absolute atomic E-state index is 0. The molecule has 1 atom stereocenters. The van der Waals surface area contributed by atoms with Crippen LogP contribution in [0.2, 0.25) is 0 Å². The van der Waals surface area contributed by atoms with E-state index in [9.17, 15) is 0 Å². The monoisotopic (exact) mass is 389 g/mol. The molecule has 1 aromatic rings. The van der Waals surface area contributed by atoms with E-state index in [1.807, 2.05) is 38.2 Å². The van der Waals surface area contributed by atoms with Crippen molar-refractivity contribution in [2.24, 2.45) is 10.7 Å². The van der Waals surface area contributed by atoms with Gasteiger partial charge in [0.25, 0.3) is 0 Å². The number of aliphatic imine (C=N–C) groups is 1. The van der Waals surface area contributed by atoms with Crippen LogP contribution >= 0.6 is 24.0 Å². The lowest BCUT2D eigenvalue weighted by Gasteiger charge is -2.18. The third-order valence-electron chi connectivity index (χ3n) is 3.32.